The number of nitrogens with zero attached hydrogens (tertiary/aromatic N) is 1. The third-order valence-electron chi connectivity index (χ3n) is 3.06. The number of nitrogens with one attached hydrogen (secondary N) is 1. The minimum absolute atomic E-state index is 0.197. The number of sulfonamides is 1. The first-order chi connectivity index (χ1) is 8.07. The Bertz CT molecular complexity index is 495. The summed E-state index contributed by atoms with van der Waals surface area (Å²) in [6.07, 6.45) is 1.95. The lowest BCUT2D eigenvalue weighted by molar-refractivity contribution is 0.463. The fourth-order valence-corrected chi connectivity index (χ4v) is 3.52. The van der Waals surface area contributed by atoms with Crippen molar-refractivity contribution in [1.82, 2.24) is 9.62 Å². The molecule has 0 bridgehead atoms. The second-order valence-electron chi connectivity index (χ2n) is 4.39. The summed E-state index contributed by atoms with van der Waals surface area (Å²) in [5.41, 5.74) is 0.822. The quantitative estimate of drug-likeness (QED) is 0.858. The molecular weight excluding hydrogens is 236 g/mol. The normalized spacial score (nSPS) is 16.4. The number of hydrogen-bond acceptors (Lipinski definition) is 3. The van der Waals surface area contributed by atoms with Gasteiger partial charge in [-0.25, -0.2) is 8.42 Å². The molecule has 0 atom stereocenters. The highest BCUT2D eigenvalue weighted by Gasteiger charge is 2.35. The molecule has 0 aliphatic heterocycles. The van der Waals surface area contributed by atoms with Crippen molar-refractivity contribution in [3.63, 3.8) is 0 Å². The van der Waals surface area contributed by atoms with E-state index in [-0.39, 0.29) is 6.04 Å². The largest absolute Gasteiger partial charge is 0.316 e. The van der Waals surface area contributed by atoms with Crippen molar-refractivity contribution in [2.45, 2.75) is 30.3 Å². The summed E-state index contributed by atoms with van der Waals surface area (Å²) in [6, 6.07) is 7.36. The zero-order valence-corrected chi connectivity index (χ0v) is 11.0. The maximum atomic E-state index is 12.4. The number of rotatable bonds is 5. The second-order valence-corrected chi connectivity index (χ2v) is 6.36. The van der Waals surface area contributed by atoms with Gasteiger partial charge in [0.25, 0.3) is 0 Å². The maximum absolute atomic E-state index is 12.4. The van der Waals surface area contributed by atoms with Gasteiger partial charge < -0.3 is 5.32 Å². The van der Waals surface area contributed by atoms with Crippen molar-refractivity contribution in [2.75, 3.05) is 14.1 Å². The van der Waals surface area contributed by atoms with E-state index in [4.69, 9.17) is 0 Å². The molecule has 1 fully saturated rings. The summed E-state index contributed by atoms with van der Waals surface area (Å²) in [4.78, 5) is 0.420. The van der Waals surface area contributed by atoms with Crippen LogP contribution in [0.2, 0.25) is 0 Å². The predicted octanol–water partition coefficient (Wildman–Crippen LogP) is 1.19. The molecule has 5 heteroatoms. The highest BCUT2D eigenvalue weighted by molar-refractivity contribution is 7.89. The van der Waals surface area contributed by atoms with Crippen LogP contribution in [-0.4, -0.2) is 32.9 Å². The van der Waals surface area contributed by atoms with E-state index in [2.05, 4.69) is 5.32 Å². The molecule has 1 aromatic rings. The Morgan fingerprint density at radius 1 is 1.35 bits per heavy atom. The van der Waals surface area contributed by atoms with Gasteiger partial charge in [0, 0.05) is 19.6 Å². The molecule has 0 spiro atoms. The molecule has 2 rings (SSSR count). The van der Waals surface area contributed by atoms with Crippen molar-refractivity contribution >= 4 is 10.0 Å². The lowest BCUT2D eigenvalue weighted by Gasteiger charge is -2.18. The van der Waals surface area contributed by atoms with Crippen LogP contribution in [-0.2, 0) is 16.6 Å². The van der Waals surface area contributed by atoms with E-state index in [0.717, 1.165) is 18.4 Å². The van der Waals surface area contributed by atoms with Crippen LogP contribution in [0.15, 0.2) is 29.2 Å². The Kier molecular flexibility index (Phi) is 3.51. The fraction of sp³-hybridized carbons (Fsp3) is 0.500. The lowest BCUT2D eigenvalue weighted by Crippen LogP contribution is -2.30. The van der Waals surface area contributed by atoms with E-state index in [1.165, 1.54) is 4.31 Å². The first-order valence-electron chi connectivity index (χ1n) is 5.78. The summed E-state index contributed by atoms with van der Waals surface area (Å²) >= 11 is 0. The standard InChI is InChI=1S/C12H18N2O2S/c1-13-9-10-5-3-4-6-12(10)17(15,16)14(2)11-7-8-11/h3-6,11,13H,7-9H2,1-2H3. The molecule has 1 aliphatic carbocycles. The van der Waals surface area contributed by atoms with Crippen LogP contribution < -0.4 is 5.32 Å². The van der Waals surface area contributed by atoms with Gasteiger partial charge in [-0.1, -0.05) is 18.2 Å². The summed E-state index contributed by atoms with van der Waals surface area (Å²) in [5.74, 6) is 0. The molecule has 0 aromatic heterocycles. The summed E-state index contributed by atoms with van der Waals surface area (Å²) in [7, 11) is 0.148. The first kappa shape index (κ1) is 12.5. The maximum Gasteiger partial charge on any atom is 0.243 e. The van der Waals surface area contributed by atoms with E-state index in [1.54, 1.807) is 19.2 Å². The van der Waals surface area contributed by atoms with Crippen molar-refractivity contribution in [3.8, 4) is 0 Å². The van der Waals surface area contributed by atoms with Gasteiger partial charge in [0.05, 0.1) is 4.90 Å². The zero-order valence-electron chi connectivity index (χ0n) is 10.2. The Hall–Kier alpha value is -0.910. The molecule has 0 saturated heterocycles. The Balaban J connectivity index is 2.37. The van der Waals surface area contributed by atoms with E-state index >= 15 is 0 Å². The van der Waals surface area contributed by atoms with Gasteiger partial charge in [0.1, 0.15) is 0 Å². The zero-order chi connectivity index (χ0) is 12.5. The molecule has 1 saturated carbocycles. The van der Waals surface area contributed by atoms with Crippen LogP contribution >= 0.6 is 0 Å². The van der Waals surface area contributed by atoms with Crippen LogP contribution in [0.4, 0.5) is 0 Å². The summed E-state index contributed by atoms with van der Waals surface area (Å²) in [6.45, 7) is 0.563. The lowest BCUT2D eigenvalue weighted by atomic mass is 10.2. The van der Waals surface area contributed by atoms with Crippen LogP contribution in [0.5, 0.6) is 0 Å². The molecule has 4 nitrogen and oxygen atoms in total. The van der Waals surface area contributed by atoms with Gasteiger partial charge >= 0.3 is 0 Å². The number of hydrogen-bond donors (Lipinski definition) is 1. The van der Waals surface area contributed by atoms with Crippen molar-refractivity contribution < 1.29 is 8.42 Å². The van der Waals surface area contributed by atoms with E-state index in [9.17, 15) is 8.42 Å². The van der Waals surface area contributed by atoms with Crippen molar-refractivity contribution in [1.29, 1.82) is 0 Å². The SMILES string of the molecule is CNCc1ccccc1S(=O)(=O)N(C)C1CC1. The highest BCUT2D eigenvalue weighted by atomic mass is 32.2. The molecular formula is C12H18N2O2S. The van der Waals surface area contributed by atoms with Gasteiger partial charge in [-0.05, 0) is 31.5 Å². The third kappa shape index (κ3) is 2.51. The number of benzene rings is 1. The molecule has 1 aliphatic rings. The molecule has 0 amide bonds. The van der Waals surface area contributed by atoms with E-state index in [0.29, 0.717) is 11.4 Å². The second kappa shape index (κ2) is 4.76. The van der Waals surface area contributed by atoms with Crippen LogP contribution in [0.25, 0.3) is 0 Å². The average Bonchev–Trinajstić information content (AvgIpc) is 3.13. The van der Waals surface area contributed by atoms with Crippen molar-refractivity contribution in [3.05, 3.63) is 29.8 Å². The van der Waals surface area contributed by atoms with Gasteiger partial charge in [-0.3, -0.25) is 0 Å². The first-order valence-corrected chi connectivity index (χ1v) is 7.22. The van der Waals surface area contributed by atoms with Gasteiger partial charge in [-0.2, -0.15) is 4.31 Å². The molecule has 1 aromatic carbocycles. The van der Waals surface area contributed by atoms with E-state index in [1.807, 2.05) is 19.2 Å². The van der Waals surface area contributed by atoms with Gasteiger partial charge in [0.15, 0.2) is 0 Å². The smallest absolute Gasteiger partial charge is 0.243 e. The van der Waals surface area contributed by atoms with Crippen LogP contribution in [0, 0.1) is 0 Å². The van der Waals surface area contributed by atoms with Gasteiger partial charge in [0.2, 0.25) is 10.0 Å². The monoisotopic (exact) mass is 254 g/mol. The van der Waals surface area contributed by atoms with Crippen LogP contribution in [0.1, 0.15) is 18.4 Å². The molecule has 0 radical (unpaired) electrons. The Morgan fingerprint density at radius 3 is 2.59 bits per heavy atom. The van der Waals surface area contributed by atoms with Gasteiger partial charge in [-0.15, -0.1) is 0 Å². The Morgan fingerprint density at radius 2 is 2.00 bits per heavy atom. The minimum atomic E-state index is -3.34. The molecule has 1 N–H and O–H groups in total. The summed E-state index contributed by atoms with van der Waals surface area (Å²) < 4.78 is 26.3. The summed E-state index contributed by atoms with van der Waals surface area (Å²) in [5, 5.41) is 3.00. The fourth-order valence-electron chi connectivity index (χ4n) is 1.88. The minimum Gasteiger partial charge on any atom is -0.316 e. The molecule has 0 heterocycles. The molecule has 94 valence electrons. The third-order valence-corrected chi connectivity index (χ3v) is 5.07. The Labute approximate surface area is 103 Å². The average molecular weight is 254 g/mol. The predicted molar refractivity (Wildman–Crippen MR) is 67.2 cm³/mol. The van der Waals surface area contributed by atoms with Crippen molar-refractivity contribution in [2.24, 2.45) is 0 Å². The highest BCUT2D eigenvalue weighted by Crippen LogP contribution is 2.31. The van der Waals surface area contributed by atoms with Crippen LogP contribution in [0.3, 0.4) is 0 Å². The topological polar surface area (TPSA) is 49.4 Å². The van der Waals surface area contributed by atoms with E-state index < -0.39 is 10.0 Å². The molecule has 17 heavy (non-hydrogen) atoms. The molecule has 0 unspecified atom stereocenters.